The molecule has 4 nitrogen and oxygen atoms in total. The molecule has 1 N–H and O–H groups in total. The highest BCUT2D eigenvalue weighted by Crippen LogP contribution is 2.42. The third-order valence-electron chi connectivity index (χ3n) is 5.50. The minimum Gasteiger partial charge on any atom is -0.454 e. The molecule has 2 unspecified atom stereocenters. The highest BCUT2D eigenvalue weighted by Gasteiger charge is 2.49. The fourth-order valence-corrected chi connectivity index (χ4v) is 4.12. The summed E-state index contributed by atoms with van der Waals surface area (Å²) in [6.45, 7) is 1.83. The molecule has 2 aliphatic rings. The van der Waals surface area contributed by atoms with Crippen LogP contribution in [0.2, 0.25) is 0 Å². The van der Waals surface area contributed by atoms with Crippen molar-refractivity contribution >= 4 is 46.9 Å². The molecule has 25 heavy (non-hydrogen) atoms. The van der Waals surface area contributed by atoms with E-state index in [1.807, 2.05) is 30.3 Å². The lowest BCUT2D eigenvalue weighted by atomic mass is 9.80. The monoisotopic (exact) mass is 526 g/mol. The van der Waals surface area contributed by atoms with Crippen molar-refractivity contribution in [1.82, 2.24) is 0 Å². The van der Waals surface area contributed by atoms with Crippen molar-refractivity contribution in [2.75, 3.05) is 27.2 Å². The van der Waals surface area contributed by atoms with E-state index in [-0.39, 0.29) is 53.0 Å². The Balaban J connectivity index is 0.00000156. The molecule has 0 radical (unpaired) electrons. The summed E-state index contributed by atoms with van der Waals surface area (Å²) in [4.78, 5) is 12.9. The van der Waals surface area contributed by atoms with Crippen LogP contribution in [0.15, 0.2) is 30.3 Å². The number of hydrogen-bond donors (Lipinski definition) is 1. The van der Waals surface area contributed by atoms with Crippen LogP contribution in [0.4, 0.5) is 0 Å². The lowest BCUT2D eigenvalue weighted by Gasteiger charge is -2.33. The smallest absolute Gasteiger partial charge is 0.343 e. The summed E-state index contributed by atoms with van der Waals surface area (Å²) in [6.07, 6.45) is 4.68. The average molecular weight is 527 g/mol. The summed E-state index contributed by atoms with van der Waals surface area (Å²) < 4.78 is 6.64. The van der Waals surface area contributed by atoms with E-state index in [1.54, 1.807) is 0 Å². The molecule has 1 saturated carbocycles. The van der Waals surface area contributed by atoms with Crippen LogP contribution in [0, 0.1) is 5.92 Å². The van der Waals surface area contributed by atoms with Crippen LogP contribution in [0.3, 0.4) is 0 Å². The number of esters is 1. The number of nitrogens with zero attached hydrogens (tertiary/aromatic N) is 1. The number of hydrogen-bond acceptors (Lipinski definition) is 3. The van der Waals surface area contributed by atoms with E-state index < -0.39 is 11.6 Å². The van der Waals surface area contributed by atoms with Gasteiger partial charge in [0.25, 0.3) is 0 Å². The van der Waals surface area contributed by atoms with E-state index in [0.717, 1.165) is 49.7 Å². The zero-order valence-electron chi connectivity index (χ0n) is 15.0. The Bertz CT molecular complexity index is 563. The molecular weight excluding hydrogens is 497 g/mol. The van der Waals surface area contributed by atoms with Gasteiger partial charge in [-0.1, -0.05) is 43.2 Å². The summed E-state index contributed by atoms with van der Waals surface area (Å²) in [7, 11) is 4.29. The second-order valence-electron chi connectivity index (χ2n) is 7.77. The molecule has 2 fully saturated rings. The van der Waals surface area contributed by atoms with Gasteiger partial charge in [-0.15, -0.1) is 41.0 Å². The number of aliphatic hydroxyl groups is 1. The topological polar surface area (TPSA) is 46.5 Å². The van der Waals surface area contributed by atoms with E-state index in [0.29, 0.717) is 5.56 Å². The lowest BCUT2D eigenvalue weighted by Crippen LogP contribution is -2.46. The number of likely N-dealkylation sites (tertiary alicyclic amines) is 1. The number of rotatable bonds is 4. The van der Waals surface area contributed by atoms with Crippen LogP contribution in [-0.2, 0) is 15.1 Å². The minimum atomic E-state index is -1.50. The van der Waals surface area contributed by atoms with Crippen molar-refractivity contribution in [2.45, 2.75) is 43.8 Å². The van der Waals surface area contributed by atoms with Gasteiger partial charge in [0.15, 0.2) is 11.7 Å². The third-order valence-corrected chi connectivity index (χ3v) is 5.50. The molecule has 6 heteroatoms. The summed E-state index contributed by atoms with van der Waals surface area (Å²) >= 11 is 0. The van der Waals surface area contributed by atoms with E-state index in [9.17, 15) is 9.90 Å². The zero-order chi connectivity index (χ0) is 16.5. The van der Waals surface area contributed by atoms with Gasteiger partial charge in [0.05, 0.1) is 20.6 Å². The molecule has 3 rings (SSSR count). The molecule has 1 saturated heterocycles. The number of quaternary nitrogens is 1. The number of carbonyl (C=O) groups is 1. The van der Waals surface area contributed by atoms with Crippen LogP contribution in [0.25, 0.3) is 0 Å². The van der Waals surface area contributed by atoms with Crippen molar-refractivity contribution in [3.05, 3.63) is 35.9 Å². The van der Waals surface area contributed by atoms with Crippen LogP contribution < -0.4 is 0 Å². The fourth-order valence-electron chi connectivity index (χ4n) is 4.12. The van der Waals surface area contributed by atoms with E-state index >= 15 is 0 Å². The first kappa shape index (κ1) is 22.9. The fraction of sp³-hybridized carbons (Fsp3) is 0.632. The predicted octanol–water partition coefficient (Wildman–Crippen LogP) is 3.65. The molecule has 1 heterocycles. The average Bonchev–Trinajstić information content (AvgIpc) is 3.17. The first-order valence-corrected chi connectivity index (χ1v) is 8.73. The number of ether oxygens (including phenoxy) is 1. The largest absolute Gasteiger partial charge is 0.454 e. The number of carbonyl (C=O) groups excluding carboxylic acids is 1. The van der Waals surface area contributed by atoms with Gasteiger partial charge in [-0.25, -0.2) is 4.79 Å². The maximum atomic E-state index is 12.9. The normalized spacial score (nSPS) is 24.7. The molecule has 0 amide bonds. The molecule has 1 aromatic carbocycles. The van der Waals surface area contributed by atoms with Crippen LogP contribution in [-0.4, -0.2) is 48.8 Å². The molecule has 0 aromatic heterocycles. The Hall–Kier alpha value is -0.180. The van der Waals surface area contributed by atoms with Crippen molar-refractivity contribution in [3.8, 4) is 0 Å². The molecule has 0 spiro atoms. The Kier molecular flexibility index (Phi) is 8.37. The highest BCUT2D eigenvalue weighted by atomic mass is 127. The molecule has 0 bridgehead atoms. The van der Waals surface area contributed by atoms with Gasteiger partial charge in [-0.3, -0.25) is 0 Å². The Morgan fingerprint density at radius 2 is 1.76 bits per heavy atom. The number of likely N-dealkylation sites (N-methyl/N-ethyl adjacent to an activating group) is 1. The van der Waals surface area contributed by atoms with Crippen molar-refractivity contribution in [1.29, 1.82) is 0 Å². The van der Waals surface area contributed by atoms with Crippen molar-refractivity contribution in [3.63, 3.8) is 0 Å². The SMILES string of the molecule is Br.C[N+]1(C)CCC(OC(=O)C(O)(c2ccccc2)C2CCCC2)C1.I. The van der Waals surface area contributed by atoms with E-state index in [4.69, 9.17) is 4.74 Å². The summed E-state index contributed by atoms with van der Waals surface area (Å²) in [5.41, 5.74) is -0.832. The van der Waals surface area contributed by atoms with Crippen LogP contribution in [0.5, 0.6) is 0 Å². The Morgan fingerprint density at radius 3 is 2.28 bits per heavy atom. The Labute approximate surface area is 178 Å². The van der Waals surface area contributed by atoms with Crippen molar-refractivity contribution in [2.24, 2.45) is 5.92 Å². The van der Waals surface area contributed by atoms with Gasteiger partial charge in [-0.2, -0.15) is 0 Å². The molecule has 142 valence electrons. The maximum absolute atomic E-state index is 12.9. The molecule has 2 atom stereocenters. The molecule has 1 aromatic rings. The molecule has 1 aliphatic carbocycles. The number of halogens is 2. The third kappa shape index (κ3) is 4.96. The van der Waals surface area contributed by atoms with Gasteiger partial charge in [0, 0.05) is 12.3 Å². The quantitative estimate of drug-likeness (QED) is 0.370. The second kappa shape index (κ2) is 9.15. The Morgan fingerprint density at radius 1 is 1.16 bits per heavy atom. The van der Waals surface area contributed by atoms with Gasteiger partial charge >= 0.3 is 5.97 Å². The summed E-state index contributed by atoms with van der Waals surface area (Å²) in [5, 5.41) is 11.4. The van der Waals surface area contributed by atoms with Crippen LogP contribution >= 0.6 is 41.0 Å². The summed E-state index contributed by atoms with van der Waals surface area (Å²) in [6, 6.07) is 9.33. The maximum Gasteiger partial charge on any atom is 0.343 e. The lowest BCUT2D eigenvalue weighted by molar-refractivity contribution is -0.879. The first-order valence-electron chi connectivity index (χ1n) is 8.73. The van der Waals surface area contributed by atoms with Gasteiger partial charge in [0.2, 0.25) is 0 Å². The van der Waals surface area contributed by atoms with E-state index in [1.165, 1.54) is 0 Å². The zero-order valence-corrected chi connectivity index (χ0v) is 19.1. The van der Waals surface area contributed by atoms with Crippen molar-refractivity contribution < 1.29 is 19.1 Å². The summed E-state index contributed by atoms with van der Waals surface area (Å²) in [5.74, 6) is -0.496. The predicted molar refractivity (Wildman–Crippen MR) is 114 cm³/mol. The van der Waals surface area contributed by atoms with Gasteiger partial charge < -0.3 is 14.3 Å². The number of benzene rings is 1. The first-order chi connectivity index (χ1) is 10.9. The standard InChI is InChI=1S/C19H28NO3.BrH.HI/c1-20(2)13-12-17(14-20)23-18(21)19(22,16-10-6-7-11-16)15-8-4-3-5-9-15;;/h3-5,8-9,16-17,22H,6-7,10-14H2,1-2H3;2*1H/q+1;;. The van der Waals surface area contributed by atoms with Gasteiger partial charge in [0.1, 0.15) is 6.54 Å². The second-order valence-corrected chi connectivity index (χ2v) is 7.77. The minimum absolute atomic E-state index is 0. The van der Waals surface area contributed by atoms with Crippen LogP contribution in [0.1, 0.15) is 37.7 Å². The van der Waals surface area contributed by atoms with Gasteiger partial charge in [-0.05, 0) is 18.4 Å². The highest BCUT2D eigenvalue weighted by molar-refractivity contribution is 14.0. The van der Waals surface area contributed by atoms with E-state index in [2.05, 4.69) is 14.1 Å². The molecular formula is C19H30BrINO3+. The molecule has 1 aliphatic heterocycles.